The molecular formula is C56H41NS. The van der Waals surface area contributed by atoms with E-state index < -0.39 is 10.0 Å². The largest absolute Gasteiger partial charge is 0.310 e. The van der Waals surface area contributed by atoms with Gasteiger partial charge in [0.15, 0.2) is 0 Å². The average Bonchev–Trinajstić information content (AvgIpc) is 3.31. The lowest BCUT2D eigenvalue weighted by Crippen LogP contribution is -2.10. The molecule has 0 aliphatic carbocycles. The molecule has 0 spiro atoms. The van der Waals surface area contributed by atoms with Gasteiger partial charge >= 0.3 is 0 Å². The van der Waals surface area contributed by atoms with Gasteiger partial charge in [-0.05, 0) is 117 Å². The molecule has 0 saturated carbocycles. The van der Waals surface area contributed by atoms with E-state index in [1.807, 2.05) is 0 Å². The third-order valence-electron chi connectivity index (χ3n) is 11.2. The molecule has 0 radical (unpaired) electrons. The van der Waals surface area contributed by atoms with Crippen LogP contribution in [0.2, 0.25) is 0 Å². The molecule has 10 aromatic rings. The lowest BCUT2D eigenvalue weighted by Gasteiger charge is -2.42. The van der Waals surface area contributed by atoms with E-state index in [-0.39, 0.29) is 0 Å². The molecular weight excluding hydrogens is 719 g/mol. The lowest BCUT2D eigenvalue weighted by atomic mass is 9.98. The summed E-state index contributed by atoms with van der Waals surface area (Å²) in [6.45, 7) is 0. The summed E-state index contributed by atoms with van der Waals surface area (Å²) in [5, 5.41) is 4.98. The maximum atomic E-state index is 2.38. The van der Waals surface area contributed by atoms with Crippen molar-refractivity contribution in [1.82, 2.24) is 0 Å². The van der Waals surface area contributed by atoms with Crippen molar-refractivity contribution < 1.29 is 0 Å². The summed E-state index contributed by atoms with van der Waals surface area (Å²) in [6.07, 6.45) is 0. The molecule has 0 amide bonds. The van der Waals surface area contributed by atoms with Crippen molar-refractivity contribution in [3.8, 4) is 22.3 Å². The molecule has 0 unspecified atom stereocenters. The Morgan fingerprint density at radius 2 is 0.603 bits per heavy atom. The quantitative estimate of drug-likeness (QED) is 0.133. The number of hydrogen-bond acceptors (Lipinski definition) is 1. The van der Waals surface area contributed by atoms with Crippen LogP contribution >= 0.6 is 10.0 Å². The summed E-state index contributed by atoms with van der Waals surface area (Å²) in [4.78, 5) is 7.68. The van der Waals surface area contributed by atoms with Gasteiger partial charge in [-0.15, -0.1) is 10.0 Å². The zero-order valence-corrected chi connectivity index (χ0v) is 32.8. The maximum absolute atomic E-state index is 2.38. The molecule has 0 aliphatic rings. The Morgan fingerprint density at radius 1 is 0.259 bits per heavy atom. The van der Waals surface area contributed by atoms with E-state index >= 15 is 0 Å². The van der Waals surface area contributed by atoms with Crippen LogP contribution in [-0.2, 0) is 0 Å². The predicted molar refractivity (Wildman–Crippen MR) is 247 cm³/mol. The minimum absolute atomic E-state index is 1.12. The Balaban J connectivity index is 0.982. The number of nitrogens with zero attached hydrogens (tertiary/aromatic N) is 1. The minimum atomic E-state index is -1.72. The predicted octanol–water partition coefficient (Wildman–Crippen LogP) is 16.1. The highest BCUT2D eigenvalue weighted by Gasteiger charge is 2.33. The average molecular weight is 760 g/mol. The van der Waals surface area contributed by atoms with Crippen molar-refractivity contribution in [1.29, 1.82) is 0 Å². The van der Waals surface area contributed by atoms with Crippen LogP contribution in [-0.4, -0.2) is 0 Å². The van der Waals surface area contributed by atoms with Crippen molar-refractivity contribution in [3.05, 3.63) is 249 Å². The van der Waals surface area contributed by atoms with Crippen LogP contribution in [0.1, 0.15) is 0 Å². The molecule has 0 heterocycles. The van der Waals surface area contributed by atoms with E-state index in [0.717, 1.165) is 11.4 Å². The number of para-hydroxylation sites is 1. The van der Waals surface area contributed by atoms with E-state index in [1.165, 1.54) is 69.1 Å². The Labute approximate surface area is 342 Å². The molecule has 276 valence electrons. The lowest BCUT2D eigenvalue weighted by molar-refractivity contribution is 1.24. The Kier molecular flexibility index (Phi) is 9.39. The van der Waals surface area contributed by atoms with Crippen LogP contribution in [0.5, 0.6) is 0 Å². The molecule has 58 heavy (non-hydrogen) atoms. The fraction of sp³-hybridized carbons (Fsp3) is 0. The molecule has 2 heteroatoms. The molecule has 0 N–H and O–H groups in total. The van der Waals surface area contributed by atoms with Crippen LogP contribution in [0.15, 0.2) is 268 Å². The first-order valence-corrected chi connectivity index (χ1v) is 21.5. The van der Waals surface area contributed by atoms with Gasteiger partial charge in [-0.2, -0.15) is 0 Å². The second kappa shape index (κ2) is 15.4. The molecule has 10 aromatic carbocycles. The van der Waals surface area contributed by atoms with Gasteiger partial charge in [0.1, 0.15) is 0 Å². The number of anilines is 3. The third-order valence-corrected chi connectivity index (χ3v) is 15.1. The van der Waals surface area contributed by atoms with E-state index in [9.17, 15) is 0 Å². The molecule has 0 aromatic heterocycles. The summed E-state index contributed by atoms with van der Waals surface area (Å²) in [5.74, 6) is 0. The van der Waals surface area contributed by atoms with E-state index in [1.54, 1.807) is 0 Å². The molecule has 1 nitrogen and oxygen atoms in total. The van der Waals surface area contributed by atoms with Crippen molar-refractivity contribution in [2.24, 2.45) is 0 Å². The van der Waals surface area contributed by atoms with Gasteiger partial charge in [0.25, 0.3) is 0 Å². The number of benzene rings is 10. The van der Waals surface area contributed by atoms with Crippen LogP contribution in [0.3, 0.4) is 0 Å². The number of fused-ring (bicyclic) bond motifs is 3. The first-order chi connectivity index (χ1) is 28.8. The smallest absolute Gasteiger partial charge is 0.0546 e. The van der Waals surface area contributed by atoms with Crippen LogP contribution in [0, 0.1) is 0 Å². The molecule has 0 bridgehead atoms. The monoisotopic (exact) mass is 759 g/mol. The highest BCUT2D eigenvalue weighted by Crippen LogP contribution is 2.73. The summed E-state index contributed by atoms with van der Waals surface area (Å²) in [6, 6.07) is 90.8. The second-order valence-corrected chi connectivity index (χ2v) is 17.6. The van der Waals surface area contributed by atoms with Gasteiger partial charge in [-0.1, -0.05) is 170 Å². The number of hydrogen-bond donors (Lipinski definition) is 0. The topological polar surface area (TPSA) is 3.24 Å². The van der Waals surface area contributed by atoms with E-state index in [2.05, 4.69) is 254 Å². The van der Waals surface area contributed by atoms with Gasteiger partial charge in [0.2, 0.25) is 0 Å². The van der Waals surface area contributed by atoms with Crippen LogP contribution < -0.4 is 4.90 Å². The summed E-state index contributed by atoms with van der Waals surface area (Å²) >= 11 is 0. The highest BCUT2D eigenvalue weighted by atomic mass is 32.3. The van der Waals surface area contributed by atoms with E-state index in [4.69, 9.17) is 0 Å². The first kappa shape index (κ1) is 35.3. The summed E-state index contributed by atoms with van der Waals surface area (Å²) in [7, 11) is -1.72. The van der Waals surface area contributed by atoms with Crippen molar-refractivity contribution in [2.75, 3.05) is 4.90 Å². The third kappa shape index (κ3) is 6.34. The highest BCUT2D eigenvalue weighted by molar-refractivity contribution is 8.34. The van der Waals surface area contributed by atoms with Crippen LogP contribution in [0.4, 0.5) is 17.1 Å². The second-order valence-electron chi connectivity index (χ2n) is 14.5. The Hall–Kier alpha value is -7.13. The fourth-order valence-electron chi connectivity index (χ4n) is 8.42. The standard InChI is InChI=1S/C56H41NS/c1-5-18-47(19-6-1)57(56-41-46-17-13-14-26-53(46)54-27-15-16-28-55(54)56)48-37-33-44(34-38-48)42-29-31-43(32-30-42)45-35-39-52(40-36-45)58(49-20-7-2-8-21-49,50-22-9-3-10-23-50)51-24-11-4-12-25-51/h1-41H. The molecule has 10 rings (SSSR count). The van der Waals surface area contributed by atoms with Gasteiger partial charge in [0, 0.05) is 36.3 Å². The zero-order chi connectivity index (χ0) is 38.7. The van der Waals surface area contributed by atoms with Crippen molar-refractivity contribution in [3.63, 3.8) is 0 Å². The van der Waals surface area contributed by atoms with E-state index in [0.29, 0.717) is 0 Å². The van der Waals surface area contributed by atoms with Gasteiger partial charge in [-0.3, -0.25) is 0 Å². The maximum Gasteiger partial charge on any atom is 0.0546 e. The summed E-state index contributed by atoms with van der Waals surface area (Å²) in [5.41, 5.74) is 8.19. The van der Waals surface area contributed by atoms with Gasteiger partial charge < -0.3 is 4.90 Å². The van der Waals surface area contributed by atoms with Crippen molar-refractivity contribution in [2.45, 2.75) is 19.6 Å². The van der Waals surface area contributed by atoms with Gasteiger partial charge in [0.05, 0.1) is 5.69 Å². The normalized spacial score (nSPS) is 11.7. The summed E-state index contributed by atoms with van der Waals surface area (Å²) < 4.78 is 0. The van der Waals surface area contributed by atoms with Crippen molar-refractivity contribution >= 4 is 48.6 Å². The van der Waals surface area contributed by atoms with Gasteiger partial charge in [-0.25, -0.2) is 0 Å². The Bertz CT molecular complexity index is 2850. The molecule has 0 aliphatic heterocycles. The molecule has 0 saturated heterocycles. The minimum Gasteiger partial charge on any atom is -0.310 e. The molecule has 0 atom stereocenters. The fourth-order valence-corrected chi connectivity index (χ4v) is 12.3. The Morgan fingerprint density at radius 3 is 1.10 bits per heavy atom. The SMILES string of the molecule is c1ccc(N(c2ccc(-c3ccc(-c4ccc(S(c5ccccc5)(c5ccccc5)c5ccccc5)cc4)cc3)cc2)c2cc3ccccc3c3ccccc23)cc1. The molecule has 0 fully saturated rings. The number of rotatable bonds is 9. The first-order valence-electron chi connectivity index (χ1n) is 19.8. The zero-order valence-electron chi connectivity index (χ0n) is 32.0. The van der Waals surface area contributed by atoms with Crippen LogP contribution in [0.25, 0.3) is 43.8 Å².